The summed E-state index contributed by atoms with van der Waals surface area (Å²) in [5, 5.41) is 2.03. The van der Waals surface area contributed by atoms with Gasteiger partial charge in [-0.2, -0.15) is 13.2 Å². The fourth-order valence-electron chi connectivity index (χ4n) is 3.05. The van der Waals surface area contributed by atoms with Crippen LogP contribution in [0.2, 0.25) is 0 Å². The molecule has 1 aliphatic heterocycles. The van der Waals surface area contributed by atoms with Crippen LogP contribution >= 0.6 is 0 Å². The lowest BCUT2D eigenvalue weighted by molar-refractivity contribution is -0.142. The van der Waals surface area contributed by atoms with Crippen LogP contribution in [0.5, 0.6) is 11.5 Å². The molecule has 0 bridgehead atoms. The molecule has 0 saturated carbocycles. The highest BCUT2D eigenvalue weighted by Gasteiger charge is 2.33. The lowest BCUT2D eigenvalue weighted by Crippen LogP contribution is -2.33. The number of rotatable bonds is 7. The Bertz CT molecular complexity index is 1020. The van der Waals surface area contributed by atoms with E-state index in [4.69, 9.17) is 15.2 Å². The lowest BCUT2D eigenvalue weighted by Gasteiger charge is -2.17. The molecule has 2 unspecified atom stereocenters. The zero-order valence-corrected chi connectivity index (χ0v) is 16.8. The Morgan fingerprint density at radius 2 is 1.88 bits per heavy atom. The van der Waals surface area contributed by atoms with Crippen molar-refractivity contribution in [2.24, 2.45) is 5.73 Å². The molecule has 2 atom stereocenters. The third-order valence-corrected chi connectivity index (χ3v) is 4.67. The second-order valence-electron chi connectivity index (χ2n) is 6.99. The number of hydrogen-bond donors (Lipinski definition) is 2. The van der Waals surface area contributed by atoms with Crippen LogP contribution in [0.15, 0.2) is 42.5 Å². The number of methoxy groups -OCH3 is 1. The Balaban J connectivity index is 1.78. The van der Waals surface area contributed by atoms with Crippen LogP contribution < -0.4 is 15.8 Å². The minimum atomic E-state index is -4.58. The number of benzene rings is 2. The van der Waals surface area contributed by atoms with Crippen LogP contribution in [0.3, 0.4) is 0 Å². The van der Waals surface area contributed by atoms with Gasteiger partial charge in [-0.1, -0.05) is 12.1 Å². The van der Waals surface area contributed by atoms with Gasteiger partial charge in [0.15, 0.2) is 6.10 Å². The minimum absolute atomic E-state index is 0.0799. The number of ether oxygens (including phenoxy) is 3. The number of halogens is 3. The van der Waals surface area contributed by atoms with Gasteiger partial charge in [-0.15, -0.1) is 0 Å². The second kappa shape index (κ2) is 9.27. The van der Waals surface area contributed by atoms with Gasteiger partial charge in [0.05, 0.1) is 12.7 Å². The van der Waals surface area contributed by atoms with Crippen LogP contribution in [0, 0.1) is 0 Å². The maximum Gasteiger partial charge on any atom is 0.416 e. The summed E-state index contributed by atoms with van der Waals surface area (Å²) < 4.78 is 54.5. The molecule has 2 aromatic rings. The van der Waals surface area contributed by atoms with Gasteiger partial charge in [0, 0.05) is 12.8 Å². The third-order valence-electron chi connectivity index (χ3n) is 4.67. The quantitative estimate of drug-likeness (QED) is 0.621. The van der Waals surface area contributed by atoms with Crippen molar-refractivity contribution in [3.63, 3.8) is 0 Å². The second-order valence-corrected chi connectivity index (χ2v) is 6.99. The van der Waals surface area contributed by atoms with Crippen LogP contribution in [0.1, 0.15) is 16.7 Å². The fraction of sp³-hybridized carbons (Fsp3) is 0.286. The molecule has 8 nitrogen and oxygen atoms in total. The summed E-state index contributed by atoms with van der Waals surface area (Å²) in [6.45, 7) is 0. The number of nitrogens with one attached hydrogen (secondary N) is 1. The standard InChI is InChI=1S/C21H19F3N2O6/c1-30-19(28)15(25)10-12-9-13(21(22,23)24)4-7-16(12)31-14-5-2-11(3-6-14)8-17-18(27)26-20(29)32-17/h2-7,9,15,17H,8,10,25H2,1H3,(H,26,27,29). The number of carbonyl (C=O) groups excluding carboxylic acids is 3. The molecule has 11 heteroatoms. The number of cyclic esters (lactones) is 1. The summed E-state index contributed by atoms with van der Waals surface area (Å²) in [6.07, 6.45) is -6.40. The molecule has 2 aromatic carbocycles. The Kier molecular flexibility index (Phi) is 6.68. The molecule has 1 heterocycles. The van der Waals surface area contributed by atoms with Crippen LogP contribution in [0.4, 0.5) is 18.0 Å². The van der Waals surface area contributed by atoms with Crippen molar-refractivity contribution in [3.05, 3.63) is 59.2 Å². The van der Waals surface area contributed by atoms with Crippen molar-refractivity contribution in [2.45, 2.75) is 31.2 Å². The molecule has 2 amide bonds. The first-order valence-electron chi connectivity index (χ1n) is 9.38. The molecule has 3 rings (SSSR count). The van der Waals surface area contributed by atoms with E-state index in [2.05, 4.69) is 4.74 Å². The topological polar surface area (TPSA) is 117 Å². The van der Waals surface area contributed by atoms with Gasteiger partial charge in [-0.05, 0) is 41.5 Å². The summed E-state index contributed by atoms with van der Waals surface area (Å²) in [5.41, 5.74) is 5.57. The number of esters is 1. The van der Waals surface area contributed by atoms with Crippen molar-refractivity contribution in [1.82, 2.24) is 5.32 Å². The van der Waals surface area contributed by atoms with Crippen LogP contribution in [-0.4, -0.2) is 37.2 Å². The molecule has 0 spiro atoms. The van der Waals surface area contributed by atoms with Gasteiger partial charge in [0.25, 0.3) is 5.91 Å². The van der Waals surface area contributed by atoms with Gasteiger partial charge in [0.1, 0.15) is 17.5 Å². The summed E-state index contributed by atoms with van der Waals surface area (Å²) in [7, 11) is 1.13. The van der Waals surface area contributed by atoms with E-state index in [1.165, 1.54) is 0 Å². The van der Waals surface area contributed by atoms with Gasteiger partial charge in [-0.3, -0.25) is 14.9 Å². The molecule has 0 aliphatic carbocycles. The molecule has 1 fully saturated rings. The van der Waals surface area contributed by atoms with E-state index in [-0.39, 0.29) is 24.2 Å². The first kappa shape index (κ1) is 23.1. The number of amides is 2. The molecule has 1 saturated heterocycles. The molecule has 32 heavy (non-hydrogen) atoms. The van der Waals surface area contributed by atoms with Crippen molar-refractivity contribution < 1.29 is 41.8 Å². The third kappa shape index (κ3) is 5.55. The van der Waals surface area contributed by atoms with E-state index in [0.29, 0.717) is 11.3 Å². The van der Waals surface area contributed by atoms with E-state index in [1.54, 1.807) is 24.3 Å². The molecule has 3 N–H and O–H groups in total. The zero-order chi connectivity index (χ0) is 23.5. The largest absolute Gasteiger partial charge is 0.468 e. The highest BCUT2D eigenvalue weighted by Crippen LogP contribution is 2.34. The molecule has 170 valence electrons. The Hall–Kier alpha value is -3.60. The number of imide groups is 1. The molecule has 0 aromatic heterocycles. The first-order chi connectivity index (χ1) is 15.1. The maximum absolute atomic E-state index is 13.1. The first-order valence-corrected chi connectivity index (χ1v) is 9.38. The summed E-state index contributed by atoms with van der Waals surface area (Å²) in [5.74, 6) is -0.912. The number of alkyl halides is 3. The van der Waals surface area contributed by atoms with Gasteiger partial charge >= 0.3 is 18.2 Å². The number of hydrogen-bond acceptors (Lipinski definition) is 7. The Morgan fingerprint density at radius 1 is 1.19 bits per heavy atom. The van der Waals surface area contributed by atoms with E-state index >= 15 is 0 Å². The number of alkyl carbamates (subject to hydrolysis) is 1. The van der Waals surface area contributed by atoms with E-state index < -0.39 is 41.9 Å². The predicted octanol–water partition coefficient (Wildman–Crippen LogP) is 2.72. The predicted molar refractivity (Wildman–Crippen MR) is 104 cm³/mol. The summed E-state index contributed by atoms with van der Waals surface area (Å²) >= 11 is 0. The van der Waals surface area contributed by atoms with E-state index in [1.807, 2.05) is 5.32 Å². The monoisotopic (exact) mass is 452 g/mol. The molecule has 0 radical (unpaired) electrons. The van der Waals surface area contributed by atoms with E-state index in [0.717, 1.165) is 25.3 Å². The smallest absolute Gasteiger partial charge is 0.416 e. The average molecular weight is 452 g/mol. The van der Waals surface area contributed by atoms with Crippen molar-refractivity contribution in [2.75, 3.05) is 7.11 Å². The number of nitrogens with two attached hydrogens (primary N) is 1. The zero-order valence-electron chi connectivity index (χ0n) is 16.8. The SMILES string of the molecule is COC(=O)C(N)Cc1cc(C(F)(F)F)ccc1Oc1ccc(CC2OC(=O)NC2=O)cc1. The van der Waals surface area contributed by atoms with Gasteiger partial charge in [-0.25, -0.2) is 4.79 Å². The van der Waals surface area contributed by atoms with Crippen molar-refractivity contribution in [3.8, 4) is 11.5 Å². The number of carbonyl (C=O) groups is 3. The fourth-order valence-corrected chi connectivity index (χ4v) is 3.05. The summed E-state index contributed by atoms with van der Waals surface area (Å²) in [4.78, 5) is 34.3. The normalized spacial score (nSPS) is 16.8. The lowest BCUT2D eigenvalue weighted by atomic mass is 10.0. The van der Waals surface area contributed by atoms with Crippen LogP contribution in [0.25, 0.3) is 0 Å². The maximum atomic E-state index is 13.1. The minimum Gasteiger partial charge on any atom is -0.468 e. The van der Waals surface area contributed by atoms with Crippen molar-refractivity contribution >= 4 is 18.0 Å². The molecule has 1 aliphatic rings. The van der Waals surface area contributed by atoms with Crippen LogP contribution in [-0.2, 0) is 38.1 Å². The van der Waals surface area contributed by atoms with E-state index in [9.17, 15) is 27.6 Å². The molecular formula is C21H19F3N2O6. The van der Waals surface area contributed by atoms with Crippen molar-refractivity contribution in [1.29, 1.82) is 0 Å². The summed E-state index contributed by atoms with van der Waals surface area (Å²) in [6, 6.07) is 8.06. The van der Waals surface area contributed by atoms with Gasteiger partial charge in [0.2, 0.25) is 0 Å². The Labute approximate surface area is 180 Å². The average Bonchev–Trinajstić information content (AvgIpc) is 3.05. The highest BCUT2D eigenvalue weighted by atomic mass is 19.4. The van der Waals surface area contributed by atoms with Gasteiger partial charge < -0.3 is 19.9 Å². The highest BCUT2D eigenvalue weighted by molar-refractivity contribution is 6.00. The molecular weight excluding hydrogens is 433 g/mol. The Morgan fingerprint density at radius 3 is 2.44 bits per heavy atom.